The number of carboxylic acid groups (broad SMARTS) is 1. The second-order valence-electron chi connectivity index (χ2n) is 4.69. The number of nitriles is 1. The van der Waals surface area contributed by atoms with E-state index >= 15 is 0 Å². The first-order valence-electron chi connectivity index (χ1n) is 6.06. The third-order valence-corrected chi connectivity index (χ3v) is 3.04. The normalized spacial score (nSPS) is 14.0. The van der Waals surface area contributed by atoms with Gasteiger partial charge in [0.25, 0.3) is 0 Å². The summed E-state index contributed by atoms with van der Waals surface area (Å²) in [5.41, 5.74) is -1.97. The maximum Gasteiger partial charge on any atom is 0.416 e. The highest BCUT2D eigenvalue weighted by molar-refractivity contribution is 5.80. The molecule has 22 heavy (non-hydrogen) atoms. The van der Waals surface area contributed by atoms with Gasteiger partial charge in [-0.25, -0.2) is 4.39 Å². The van der Waals surface area contributed by atoms with E-state index in [1.165, 1.54) is 6.07 Å². The van der Waals surface area contributed by atoms with Crippen molar-refractivity contribution >= 4 is 11.8 Å². The number of benzene rings is 1. The summed E-state index contributed by atoms with van der Waals surface area (Å²) in [6, 6.07) is 3.10. The van der Waals surface area contributed by atoms with Crippen LogP contribution in [0.15, 0.2) is 18.2 Å². The molecule has 0 bridgehead atoms. The van der Waals surface area contributed by atoms with Gasteiger partial charge < -0.3 is 9.90 Å². The number of hydrogen-bond donors (Lipinski definition) is 1. The molecule has 2 atom stereocenters. The number of rotatable bonds is 5. The van der Waals surface area contributed by atoms with E-state index in [0.29, 0.717) is 0 Å². The fraction of sp³-hybridized carbons (Fsp3) is 0.357. The summed E-state index contributed by atoms with van der Waals surface area (Å²) in [4.78, 5) is 22.3. The molecule has 8 heteroatoms. The topological polar surface area (TPSA) is 78.2 Å². The van der Waals surface area contributed by atoms with Crippen LogP contribution in [0.3, 0.4) is 0 Å². The summed E-state index contributed by atoms with van der Waals surface area (Å²) < 4.78 is 52.1. The molecule has 0 amide bonds. The zero-order valence-corrected chi connectivity index (χ0v) is 11.3. The van der Waals surface area contributed by atoms with Crippen LogP contribution in [-0.2, 0) is 15.8 Å². The van der Waals surface area contributed by atoms with Crippen LogP contribution in [0, 0.1) is 23.1 Å². The molecular weight excluding hydrogens is 306 g/mol. The van der Waals surface area contributed by atoms with Gasteiger partial charge in [0.1, 0.15) is 11.6 Å². The molecule has 0 radical (unpaired) electrons. The molecule has 1 aromatic carbocycles. The number of carboxylic acids is 1. The predicted octanol–water partition coefficient (Wildman–Crippen LogP) is 3.13. The summed E-state index contributed by atoms with van der Waals surface area (Å²) >= 11 is 0. The van der Waals surface area contributed by atoms with E-state index in [9.17, 15) is 27.2 Å². The zero-order chi connectivity index (χ0) is 17.1. The van der Waals surface area contributed by atoms with Crippen LogP contribution in [-0.4, -0.2) is 16.9 Å². The van der Waals surface area contributed by atoms with Crippen LogP contribution in [0.2, 0.25) is 0 Å². The first-order valence-corrected chi connectivity index (χ1v) is 6.06. The quantitative estimate of drug-likeness (QED) is 0.846. The van der Waals surface area contributed by atoms with Crippen molar-refractivity contribution in [3.63, 3.8) is 0 Å². The number of alkyl halides is 3. The fourth-order valence-electron chi connectivity index (χ4n) is 2.13. The van der Waals surface area contributed by atoms with Crippen molar-refractivity contribution in [2.75, 3.05) is 0 Å². The molecule has 4 nitrogen and oxygen atoms in total. The van der Waals surface area contributed by atoms with Gasteiger partial charge in [0.2, 0.25) is 0 Å². The van der Waals surface area contributed by atoms with E-state index in [4.69, 9.17) is 10.4 Å². The van der Waals surface area contributed by atoms with Crippen molar-refractivity contribution in [1.29, 1.82) is 5.26 Å². The first-order chi connectivity index (χ1) is 10.1. The highest BCUT2D eigenvalue weighted by Gasteiger charge is 2.39. The lowest BCUT2D eigenvalue weighted by atomic mass is 9.81. The van der Waals surface area contributed by atoms with E-state index in [2.05, 4.69) is 0 Å². The molecule has 1 N–H and O–H groups in total. The van der Waals surface area contributed by atoms with Gasteiger partial charge in [0.05, 0.1) is 11.6 Å². The van der Waals surface area contributed by atoms with Gasteiger partial charge in [0.15, 0.2) is 5.92 Å². The lowest BCUT2D eigenvalue weighted by molar-refractivity contribution is -0.143. The van der Waals surface area contributed by atoms with Gasteiger partial charge in [-0.05, 0) is 24.6 Å². The second kappa shape index (κ2) is 6.56. The van der Waals surface area contributed by atoms with Crippen molar-refractivity contribution in [2.24, 2.45) is 5.92 Å². The third-order valence-electron chi connectivity index (χ3n) is 3.04. The molecule has 0 aliphatic rings. The molecule has 0 heterocycles. The number of halogens is 4. The average molecular weight is 317 g/mol. The zero-order valence-electron chi connectivity index (χ0n) is 11.3. The molecule has 2 unspecified atom stereocenters. The smallest absolute Gasteiger partial charge is 0.416 e. The molecule has 0 saturated heterocycles. The van der Waals surface area contributed by atoms with Crippen molar-refractivity contribution in [3.05, 3.63) is 35.1 Å². The van der Waals surface area contributed by atoms with E-state index < -0.39 is 53.1 Å². The van der Waals surface area contributed by atoms with Crippen LogP contribution >= 0.6 is 0 Å². The van der Waals surface area contributed by atoms with Gasteiger partial charge in [0, 0.05) is 12.3 Å². The van der Waals surface area contributed by atoms with Crippen molar-refractivity contribution in [3.8, 4) is 6.07 Å². The molecule has 118 valence electrons. The third kappa shape index (κ3) is 4.04. The summed E-state index contributed by atoms with van der Waals surface area (Å²) in [5, 5.41) is 17.9. The second-order valence-corrected chi connectivity index (χ2v) is 4.69. The van der Waals surface area contributed by atoms with Gasteiger partial charge >= 0.3 is 12.1 Å². The summed E-state index contributed by atoms with van der Waals surface area (Å²) in [6.07, 6.45) is -5.51. The standard InChI is InChI=1S/C14H11F4NO3/c1-7(20)4-10(11(6-19)13(21)22)9-3-2-8(15)5-12(9)14(16,17)18/h2-3,5,10-11H,4H2,1H3,(H,21,22). The molecule has 0 fully saturated rings. The Hall–Kier alpha value is -2.43. The lowest BCUT2D eigenvalue weighted by Crippen LogP contribution is -2.25. The molecule has 0 aliphatic carbocycles. The van der Waals surface area contributed by atoms with E-state index in [0.717, 1.165) is 19.1 Å². The molecule has 0 spiro atoms. The molecule has 0 aliphatic heterocycles. The number of carbonyl (C=O) groups excluding carboxylic acids is 1. The molecular formula is C14H11F4NO3. The van der Waals surface area contributed by atoms with Crippen molar-refractivity contribution in [1.82, 2.24) is 0 Å². The van der Waals surface area contributed by atoms with Crippen molar-refractivity contribution < 1.29 is 32.3 Å². The Morgan fingerprint density at radius 3 is 2.36 bits per heavy atom. The SMILES string of the molecule is CC(=O)CC(c1ccc(F)cc1C(F)(F)F)C(C#N)C(=O)O. The number of nitrogens with zero attached hydrogens (tertiary/aromatic N) is 1. The van der Waals surface area contributed by atoms with Gasteiger partial charge in [-0.15, -0.1) is 0 Å². The van der Waals surface area contributed by atoms with Crippen molar-refractivity contribution in [2.45, 2.75) is 25.4 Å². The summed E-state index contributed by atoms with van der Waals surface area (Å²) in [7, 11) is 0. The molecule has 0 saturated carbocycles. The van der Waals surface area contributed by atoms with Gasteiger partial charge in [-0.2, -0.15) is 18.4 Å². The van der Waals surface area contributed by atoms with Gasteiger partial charge in [-0.3, -0.25) is 4.79 Å². The van der Waals surface area contributed by atoms with Crippen LogP contribution in [0.5, 0.6) is 0 Å². The summed E-state index contributed by atoms with van der Waals surface area (Å²) in [5.74, 6) is -6.75. The van der Waals surface area contributed by atoms with Crippen LogP contribution < -0.4 is 0 Å². The summed E-state index contributed by atoms with van der Waals surface area (Å²) in [6.45, 7) is 1.07. The Morgan fingerprint density at radius 1 is 1.36 bits per heavy atom. The minimum absolute atomic E-state index is 0.221. The number of aliphatic carboxylic acids is 1. The minimum atomic E-state index is -4.94. The Morgan fingerprint density at radius 2 is 1.95 bits per heavy atom. The maximum atomic E-state index is 13.1. The Labute approximate surface area is 123 Å². The average Bonchev–Trinajstić information content (AvgIpc) is 2.36. The molecule has 1 rings (SSSR count). The maximum absolute atomic E-state index is 13.1. The lowest BCUT2D eigenvalue weighted by Gasteiger charge is -2.22. The Kier molecular flexibility index (Phi) is 5.25. The Bertz CT molecular complexity index is 634. The van der Waals surface area contributed by atoms with Crippen LogP contribution in [0.1, 0.15) is 30.4 Å². The minimum Gasteiger partial charge on any atom is -0.480 e. The monoisotopic (exact) mass is 317 g/mol. The predicted molar refractivity (Wildman–Crippen MR) is 66.2 cm³/mol. The number of ketones is 1. The molecule has 1 aromatic rings. The van der Waals surface area contributed by atoms with Crippen LogP contribution in [0.4, 0.5) is 17.6 Å². The number of Topliss-reactive ketones (excluding diaryl/α,β-unsaturated/α-hetero) is 1. The number of carbonyl (C=O) groups is 2. The van der Waals surface area contributed by atoms with Crippen LogP contribution in [0.25, 0.3) is 0 Å². The highest BCUT2D eigenvalue weighted by Crippen LogP contribution is 2.39. The van der Waals surface area contributed by atoms with E-state index in [1.807, 2.05) is 0 Å². The Balaban J connectivity index is 3.53. The first kappa shape index (κ1) is 17.6. The largest absolute Gasteiger partial charge is 0.480 e. The molecule has 0 aromatic heterocycles. The van der Waals surface area contributed by atoms with E-state index in [1.54, 1.807) is 0 Å². The fourth-order valence-corrected chi connectivity index (χ4v) is 2.13. The highest BCUT2D eigenvalue weighted by atomic mass is 19.4. The van der Waals surface area contributed by atoms with Gasteiger partial charge in [-0.1, -0.05) is 6.07 Å². The number of hydrogen-bond acceptors (Lipinski definition) is 3. The van der Waals surface area contributed by atoms with E-state index in [-0.39, 0.29) is 6.07 Å².